The van der Waals surface area contributed by atoms with E-state index in [0.29, 0.717) is 18.6 Å². The summed E-state index contributed by atoms with van der Waals surface area (Å²) < 4.78 is 7.98. The Morgan fingerprint density at radius 2 is 1.88 bits per heavy atom. The van der Waals surface area contributed by atoms with Crippen LogP contribution in [0.2, 0.25) is 0 Å². The van der Waals surface area contributed by atoms with Crippen molar-refractivity contribution in [2.75, 3.05) is 6.61 Å². The lowest BCUT2D eigenvalue weighted by Gasteiger charge is -2.34. The van der Waals surface area contributed by atoms with E-state index in [1.165, 1.54) is 16.4 Å². The van der Waals surface area contributed by atoms with Gasteiger partial charge in [-0.3, -0.25) is 4.79 Å². The average Bonchev–Trinajstić information content (AvgIpc) is 3.16. The van der Waals surface area contributed by atoms with Gasteiger partial charge in [-0.15, -0.1) is 0 Å². The monoisotopic (exact) mass is 456 g/mol. The number of aromatic nitrogens is 1. The summed E-state index contributed by atoms with van der Waals surface area (Å²) in [5.74, 6) is -0.614. The molecule has 1 aliphatic carbocycles. The van der Waals surface area contributed by atoms with Crippen molar-refractivity contribution in [1.29, 1.82) is 0 Å². The number of rotatable bonds is 6. The number of dihydropyridines is 1. The fourth-order valence-electron chi connectivity index (χ4n) is 5.57. The largest absolute Gasteiger partial charge is 0.462 e. The van der Waals surface area contributed by atoms with E-state index in [4.69, 9.17) is 4.74 Å². The average molecular weight is 457 g/mol. The maximum absolute atomic E-state index is 13.3. The number of allylic oxidation sites excluding steroid dienone is 3. The van der Waals surface area contributed by atoms with E-state index >= 15 is 0 Å². The summed E-state index contributed by atoms with van der Waals surface area (Å²) in [7, 11) is 0. The number of carbonyl (C=O) groups excluding carboxylic acids is 2. The van der Waals surface area contributed by atoms with Crippen LogP contribution in [0.3, 0.4) is 0 Å². The quantitative estimate of drug-likeness (QED) is 0.358. The maximum Gasteiger partial charge on any atom is 0.336 e. The van der Waals surface area contributed by atoms with E-state index in [2.05, 4.69) is 66.2 Å². The molecule has 0 amide bonds. The molecule has 2 heterocycles. The van der Waals surface area contributed by atoms with Gasteiger partial charge in [-0.05, 0) is 56.9 Å². The Kier molecular flexibility index (Phi) is 6.03. The lowest BCUT2D eigenvalue weighted by Crippen LogP contribution is -2.34. The number of Topliss-reactive ketones (excluding diaryl/α,β-unsaturated/α-hetero) is 1. The SMILES string of the molecule is CCCCOC(=O)C1=C(C)NC2=C(C(=O)CCC2)C1c1ccc2c(c1)c1ccccc1n2CC. The molecule has 1 unspecified atom stereocenters. The molecule has 0 saturated carbocycles. The molecule has 2 aliphatic rings. The Labute approximate surface area is 200 Å². The highest BCUT2D eigenvalue weighted by Crippen LogP contribution is 2.44. The van der Waals surface area contributed by atoms with E-state index in [0.717, 1.165) is 60.1 Å². The zero-order valence-corrected chi connectivity index (χ0v) is 20.2. The minimum Gasteiger partial charge on any atom is -0.462 e. The van der Waals surface area contributed by atoms with E-state index < -0.39 is 5.92 Å². The number of carbonyl (C=O) groups is 2. The van der Waals surface area contributed by atoms with Gasteiger partial charge in [0.2, 0.25) is 0 Å². The second kappa shape index (κ2) is 9.13. The number of nitrogens with one attached hydrogen (secondary N) is 1. The van der Waals surface area contributed by atoms with Crippen LogP contribution in [-0.4, -0.2) is 22.9 Å². The number of unbranched alkanes of at least 4 members (excludes halogenated alkanes) is 1. The molecule has 3 aromatic rings. The van der Waals surface area contributed by atoms with Crippen molar-refractivity contribution in [3.63, 3.8) is 0 Å². The van der Waals surface area contributed by atoms with Crippen LogP contribution in [0.5, 0.6) is 0 Å². The third kappa shape index (κ3) is 3.64. The number of hydrogen-bond donors (Lipinski definition) is 1. The predicted octanol–water partition coefficient (Wildman–Crippen LogP) is 6.13. The van der Waals surface area contributed by atoms with Crippen molar-refractivity contribution in [3.8, 4) is 0 Å². The van der Waals surface area contributed by atoms with Gasteiger partial charge in [-0.1, -0.05) is 37.6 Å². The summed E-state index contributed by atoms with van der Waals surface area (Å²) in [4.78, 5) is 26.5. The topological polar surface area (TPSA) is 60.3 Å². The zero-order valence-electron chi connectivity index (χ0n) is 20.2. The molecule has 5 heteroatoms. The first kappa shape index (κ1) is 22.5. The minimum absolute atomic E-state index is 0.126. The molecule has 0 spiro atoms. The lowest BCUT2D eigenvalue weighted by atomic mass is 9.75. The van der Waals surface area contributed by atoms with Crippen LogP contribution in [0, 0.1) is 0 Å². The summed E-state index contributed by atoms with van der Waals surface area (Å²) in [6.45, 7) is 7.41. The highest BCUT2D eigenvalue weighted by atomic mass is 16.5. The number of aryl methyl sites for hydroxylation is 1. The molecule has 0 bridgehead atoms. The second-order valence-electron chi connectivity index (χ2n) is 9.29. The number of nitrogens with zero attached hydrogens (tertiary/aromatic N) is 1. The van der Waals surface area contributed by atoms with Gasteiger partial charge in [0.25, 0.3) is 0 Å². The Morgan fingerprint density at radius 3 is 2.68 bits per heavy atom. The van der Waals surface area contributed by atoms with Gasteiger partial charge < -0.3 is 14.6 Å². The molecule has 176 valence electrons. The zero-order chi connectivity index (χ0) is 23.8. The van der Waals surface area contributed by atoms with Gasteiger partial charge in [0.1, 0.15) is 0 Å². The third-order valence-electron chi connectivity index (χ3n) is 7.17. The lowest BCUT2D eigenvalue weighted by molar-refractivity contribution is -0.139. The third-order valence-corrected chi connectivity index (χ3v) is 7.17. The van der Waals surface area contributed by atoms with Crippen molar-refractivity contribution in [2.45, 2.75) is 65.3 Å². The summed E-state index contributed by atoms with van der Waals surface area (Å²) in [5, 5.41) is 5.72. The van der Waals surface area contributed by atoms with Gasteiger partial charge >= 0.3 is 5.97 Å². The van der Waals surface area contributed by atoms with Crippen molar-refractivity contribution in [2.24, 2.45) is 0 Å². The highest BCUT2D eigenvalue weighted by Gasteiger charge is 2.39. The molecule has 5 rings (SSSR count). The minimum atomic E-state index is -0.411. The fraction of sp³-hybridized carbons (Fsp3) is 0.379. The number of fused-ring (bicyclic) bond motifs is 3. The van der Waals surface area contributed by atoms with Crippen LogP contribution in [0.4, 0.5) is 0 Å². The number of benzene rings is 2. The Balaban J connectivity index is 1.69. The van der Waals surface area contributed by atoms with Crippen LogP contribution in [-0.2, 0) is 20.9 Å². The molecule has 0 saturated heterocycles. The first-order valence-electron chi connectivity index (χ1n) is 12.5. The standard InChI is InChI=1S/C29H32N2O3/c1-4-6-16-34-29(33)26-18(3)30-22-11-9-13-25(32)28(22)27(26)19-14-15-24-21(17-19)20-10-7-8-12-23(20)31(24)5-2/h7-8,10,12,14-15,17,27,30H,4-6,9,11,13,16H2,1-3H3. The van der Waals surface area contributed by atoms with E-state index in [1.54, 1.807) is 0 Å². The molecule has 0 fully saturated rings. The molecular weight excluding hydrogens is 424 g/mol. The first-order valence-corrected chi connectivity index (χ1v) is 12.5. The fourth-order valence-corrected chi connectivity index (χ4v) is 5.57. The molecule has 1 atom stereocenters. The van der Waals surface area contributed by atoms with Gasteiger partial charge in [-0.2, -0.15) is 0 Å². The van der Waals surface area contributed by atoms with Crippen LogP contribution in [0.15, 0.2) is 65.0 Å². The molecule has 2 aromatic carbocycles. The van der Waals surface area contributed by atoms with Crippen LogP contribution < -0.4 is 5.32 Å². The molecule has 34 heavy (non-hydrogen) atoms. The predicted molar refractivity (Wildman–Crippen MR) is 135 cm³/mol. The van der Waals surface area contributed by atoms with Crippen LogP contribution >= 0.6 is 0 Å². The number of esters is 1. The molecule has 1 aliphatic heterocycles. The Morgan fingerprint density at radius 1 is 1.09 bits per heavy atom. The maximum atomic E-state index is 13.3. The van der Waals surface area contributed by atoms with E-state index in [9.17, 15) is 9.59 Å². The number of ether oxygens (including phenoxy) is 1. The van der Waals surface area contributed by atoms with Crippen molar-refractivity contribution in [3.05, 3.63) is 70.6 Å². The summed E-state index contributed by atoms with van der Waals surface area (Å²) in [6, 6.07) is 14.8. The van der Waals surface area contributed by atoms with Gasteiger partial charge in [-0.25, -0.2) is 4.79 Å². The number of hydrogen-bond acceptors (Lipinski definition) is 4. The molecule has 1 aromatic heterocycles. The normalized spacial score (nSPS) is 18.4. The van der Waals surface area contributed by atoms with Gasteiger partial charge in [0.05, 0.1) is 12.2 Å². The Hall–Kier alpha value is -3.34. The summed E-state index contributed by atoms with van der Waals surface area (Å²) in [5.41, 5.74) is 6.37. The van der Waals surface area contributed by atoms with Crippen LogP contribution in [0.1, 0.15) is 64.4 Å². The molecular formula is C29H32N2O3. The highest BCUT2D eigenvalue weighted by molar-refractivity contribution is 6.09. The van der Waals surface area contributed by atoms with Gasteiger partial charge in [0, 0.05) is 57.7 Å². The summed E-state index contributed by atoms with van der Waals surface area (Å²) >= 11 is 0. The van der Waals surface area contributed by atoms with E-state index in [1.807, 2.05) is 6.92 Å². The number of para-hydroxylation sites is 1. The van der Waals surface area contributed by atoms with Crippen LogP contribution in [0.25, 0.3) is 21.8 Å². The van der Waals surface area contributed by atoms with E-state index in [-0.39, 0.29) is 11.8 Å². The van der Waals surface area contributed by atoms with Crippen molar-refractivity contribution < 1.29 is 14.3 Å². The van der Waals surface area contributed by atoms with Crippen molar-refractivity contribution >= 4 is 33.6 Å². The Bertz CT molecular complexity index is 1360. The van der Waals surface area contributed by atoms with Crippen molar-refractivity contribution in [1.82, 2.24) is 9.88 Å². The summed E-state index contributed by atoms with van der Waals surface area (Å²) in [6.07, 6.45) is 3.96. The molecule has 5 nitrogen and oxygen atoms in total. The molecule has 0 radical (unpaired) electrons. The molecule has 1 N–H and O–H groups in total. The van der Waals surface area contributed by atoms with Gasteiger partial charge in [0.15, 0.2) is 5.78 Å². The first-order chi connectivity index (χ1) is 16.5. The smallest absolute Gasteiger partial charge is 0.336 e. The second-order valence-corrected chi connectivity index (χ2v) is 9.29. The number of ketones is 1.